The molecule has 2 N–H and O–H groups in total. The van der Waals surface area contributed by atoms with Crippen molar-refractivity contribution in [3.8, 4) is 22.3 Å². The number of thiophene rings is 2. The van der Waals surface area contributed by atoms with E-state index in [1.807, 2.05) is 60.7 Å². The summed E-state index contributed by atoms with van der Waals surface area (Å²) in [6, 6.07) is 54.2. The molecule has 8 aromatic carbocycles. The normalized spacial score (nSPS) is 17.5. The maximum absolute atomic E-state index is 12.2. The predicted octanol–water partition coefficient (Wildman–Crippen LogP) is 18.7. The van der Waals surface area contributed by atoms with Crippen molar-refractivity contribution < 1.29 is 10.2 Å². The highest BCUT2D eigenvalue weighted by Crippen LogP contribution is 2.53. The molecule has 1 aliphatic carbocycles. The number of hydrogen-bond acceptors (Lipinski definition) is 8. The lowest BCUT2D eigenvalue weighted by atomic mass is 9.63. The highest BCUT2D eigenvalue weighted by atomic mass is 32.1. The third-order valence-corrected chi connectivity index (χ3v) is 15.7. The van der Waals surface area contributed by atoms with Crippen molar-refractivity contribution in [1.82, 2.24) is 0 Å². The topological polar surface area (TPSA) is 89.9 Å². The summed E-state index contributed by atoms with van der Waals surface area (Å²) in [5, 5.41) is 50.1. The van der Waals surface area contributed by atoms with Gasteiger partial charge in [0, 0.05) is 43.1 Å². The fourth-order valence-corrected chi connectivity index (χ4v) is 12.4. The van der Waals surface area contributed by atoms with Crippen molar-refractivity contribution in [3.05, 3.63) is 202 Å². The van der Waals surface area contributed by atoms with Gasteiger partial charge in [0.15, 0.2) is 0 Å². The Balaban J connectivity index is 0.968. The Bertz CT molecular complexity index is 3470. The lowest BCUT2D eigenvalue weighted by molar-refractivity contribution is -0.0785. The van der Waals surface area contributed by atoms with Crippen molar-refractivity contribution in [2.75, 3.05) is 0 Å². The van der Waals surface area contributed by atoms with E-state index in [2.05, 4.69) is 159 Å². The summed E-state index contributed by atoms with van der Waals surface area (Å²) in [5.74, 6) is -0.920. The van der Waals surface area contributed by atoms with Gasteiger partial charge in [0.25, 0.3) is 0 Å². The van der Waals surface area contributed by atoms with Crippen LogP contribution in [-0.4, -0.2) is 22.4 Å². The number of aryl methyl sites for hydroxylation is 2. The molecule has 0 radical (unpaired) electrons. The molecule has 1 aliphatic rings. The molecule has 2 aromatic heterocycles. The first-order valence-electron chi connectivity index (χ1n) is 24.1. The Morgan fingerprint density at radius 2 is 0.829 bits per heavy atom. The highest BCUT2D eigenvalue weighted by molar-refractivity contribution is 7.20. The second kappa shape index (κ2) is 19.3. The Hall–Kier alpha value is -7.20. The second-order valence-corrected chi connectivity index (χ2v) is 20.7. The van der Waals surface area contributed by atoms with Crippen LogP contribution in [0.2, 0.25) is 0 Å². The second-order valence-electron chi connectivity index (χ2n) is 18.2. The van der Waals surface area contributed by atoms with Crippen LogP contribution >= 0.6 is 22.7 Å². The molecule has 0 bridgehead atoms. The molecule has 0 saturated heterocycles. The van der Waals surface area contributed by atoms with Crippen LogP contribution in [0.3, 0.4) is 0 Å². The minimum absolute atomic E-state index is 0.460. The summed E-state index contributed by atoms with van der Waals surface area (Å²) in [6.45, 7) is 8.58. The average Bonchev–Trinajstić information content (AvgIpc) is 3.97. The largest absolute Gasteiger partial charge is 0.392 e. The molecule has 0 aliphatic heterocycles. The number of aliphatic hydroxyl groups is 2. The molecule has 2 heterocycles. The van der Waals surface area contributed by atoms with E-state index in [9.17, 15) is 10.2 Å². The van der Waals surface area contributed by atoms with Gasteiger partial charge in [-0.25, -0.2) is 0 Å². The van der Waals surface area contributed by atoms with E-state index < -0.39 is 24.0 Å². The Morgan fingerprint density at radius 1 is 0.443 bits per heavy atom. The van der Waals surface area contributed by atoms with Gasteiger partial charge in [0.1, 0.15) is 11.4 Å². The molecule has 0 spiro atoms. The van der Waals surface area contributed by atoms with Crippen molar-refractivity contribution in [1.29, 1.82) is 0 Å². The van der Waals surface area contributed by atoms with E-state index in [0.29, 0.717) is 0 Å². The molecule has 1 fully saturated rings. The van der Waals surface area contributed by atoms with E-state index in [1.54, 1.807) is 22.7 Å². The van der Waals surface area contributed by atoms with E-state index >= 15 is 0 Å². The van der Waals surface area contributed by atoms with Crippen LogP contribution in [0.1, 0.15) is 70.5 Å². The molecule has 0 unspecified atom stereocenters. The van der Waals surface area contributed by atoms with Crippen LogP contribution in [0, 0.1) is 13.8 Å². The van der Waals surface area contributed by atoms with Gasteiger partial charge in [-0.3, -0.25) is 0 Å². The predicted molar refractivity (Wildman–Crippen MR) is 296 cm³/mol. The van der Waals surface area contributed by atoms with Crippen LogP contribution in [0.15, 0.2) is 190 Å². The fraction of sp³-hybridized carbons (Fsp3) is 0.161. The first kappa shape index (κ1) is 45.3. The molecule has 6 nitrogen and oxygen atoms in total. The van der Waals surface area contributed by atoms with Crippen molar-refractivity contribution in [2.45, 2.75) is 64.6 Å². The standard InChI is InChI=1S/C62H52N4O2S2/c1-5-7-19-39-35-41(29-31-45(39)55-47-25-15-17-27-49(47)57(61-51(55)33-37(3)69-61)65-63-43-21-11-9-12-22-43)53-59(67)54(60(53)68)42-30-32-46(40(36-42)20-8-6-2)56-48-26-16-18-28-50(48)58(62-52(56)34-38(4)70-62)66-64-44-23-13-10-14-24-44/h7-36,53-54,59-60,67-68H,5-6H2,1-4H3/b19-7+,20-8+,65-63?,66-64?. The number of allylic oxidation sites excluding steroid dienone is 2. The van der Waals surface area contributed by atoms with Gasteiger partial charge in [0.05, 0.1) is 33.0 Å². The lowest BCUT2D eigenvalue weighted by Crippen LogP contribution is -2.51. The van der Waals surface area contributed by atoms with Gasteiger partial charge in [-0.15, -0.1) is 32.9 Å². The van der Waals surface area contributed by atoms with E-state index in [1.165, 1.54) is 9.75 Å². The quantitative estimate of drug-likeness (QED) is 0.119. The van der Waals surface area contributed by atoms with E-state index in [4.69, 9.17) is 10.2 Å². The molecular formula is C62H52N4O2S2. The smallest absolute Gasteiger partial charge is 0.111 e. The monoisotopic (exact) mass is 948 g/mol. The summed E-state index contributed by atoms with van der Waals surface area (Å²) in [6.07, 6.45) is 8.91. The maximum Gasteiger partial charge on any atom is 0.111 e. The van der Waals surface area contributed by atoms with Crippen LogP contribution in [0.5, 0.6) is 0 Å². The molecule has 70 heavy (non-hydrogen) atoms. The lowest BCUT2D eigenvalue weighted by Gasteiger charge is -2.47. The van der Waals surface area contributed by atoms with Gasteiger partial charge in [-0.1, -0.05) is 159 Å². The number of hydrogen-bond donors (Lipinski definition) is 2. The fourth-order valence-electron chi connectivity index (χ4n) is 10.4. The average molecular weight is 949 g/mol. The zero-order valence-electron chi connectivity index (χ0n) is 39.5. The molecule has 344 valence electrons. The van der Waals surface area contributed by atoms with E-state index in [0.717, 1.165) is 122 Å². The summed E-state index contributed by atoms with van der Waals surface area (Å²) < 4.78 is 2.19. The van der Waals surface area contributed by atoms with Crippen molar-refractivity contribution >= 4 is 99.3 Å². The zero-order chi connectivity index (χ0) is 47.9. The third kappa shape index (κ3) is 8.20. The van der Waals surface area contributed by atoms with Crippen LogP contribution in [0.25, 0.3) is 76.1 Å². The molecular weight excluding hydrogens is 897 g/mol. The first-order chi connectivity index (χ1) is 34.3. The van der Waals surface area contributed by atoms with Gasteiger partial charge < -0.3 is 10.2 Å². The van der Waals surface area contributed by atoms with Crippen molar-refractivity contribution in [3.63, 3.8) is 0 Å². The Kier molecular flexibility index (Phi) is 12.5. The Morgan fingerprint density at radius 3 is 1.23 bits per heavy atom. The van der Waals surface area contributed by atoms with Gasteiger partial charge in [0.2, 0.25) is 0 Å². The summed E-state index contributed by atoms with van der Waals surface area (Å²) in [7, 11) is 0. The Labute approximate surface area is 416 Å². The number of aliphatic hydroxyl groups excluding tert-OH is 2. The van der Waals surface area contributed by atoms with Crippen LogP contribution in [0.4, 0.5) is 22.7 Å². The summed E-state index contributed by atoms with van der Waals surface area (Å²) in [5.41, 5.74) is 11.8. The SMILES string of the molecule is CC/C=C/c1cc(C2C(O)C(c3ccc(-c4c5ccccc5c(N=Nc5ccccc5)c5sc(C)cc45)c(/C=C/CC)c3)C2O)ccc1-c1c2ccccc2c(N=Nc2ccccc2)c2sc(C)cc12. The van der Waals surface area contributed by atoms with Gasteiger partial charge in [-0.2, -0.15) is 10.2 Å². The first-order valence-corrected chi connectivity index (χ1v) is 25.8. The number of fused-ring (bicyclic) bond motifs is 4. The molecule has 1 saturated carbocycles. The van der Waals surface area contributed by atoms with Gasteiger partial charge in [-0.05, 0) is 118 Å². The van der Waals surface area contributed by atoms with Crippen molar-refractivity contribution in [2.24, 2.45) is 20.5 Å². The minimum Gasteiger partial charge on any atom is -0.392 e. The molecule has 10 aromatic rings. The molecule has 8 heteroatoms. The molecule has 11 rings (SSSR count). The number of nitrogens with zero attached hydrogens (tertiary/aromatic N) is 4. The van der Waals surface area contributed by atoms with E-state index in [-0.39, 0.29) is 0 Å². The summed E-state index contributed by atoms with van der Waals surface area (Å²) >= 11 is 3.48. The highest BCUT2D eigenvalue weighted by Gasteiger charge is 2.50. The maximum atomic E-state index is 12.2. The molecule has 0 amide bonds. The summed E-state index contributed by atoms with van der Waals surface area (Å²) in [4.78, 5) is 2.39. The van der Waals surface area contributed by atoms with Crippen LogP contribution in [-0.2, 0) is 0 Å². The zero-order valence-corrected chi connectivity index (χ0v) is 41.2. The van der Waals surface area contributed by atoms with Crippen LogP contribution < -0.4 is 0 Å². The third-order valence-electron chi connectivity index (χ3n) is 13.6. The number of azo groups is 2. The molecule has 0 atom stereocenters. The van der Waals surface area contributed by atoms with Gasteiger partial charge >= 0.3 is 0 Å². The number of rotatable bonds is 12. The number of benzene rings is 8. The minimum atomic E-state index is -0.791.